The predicted octanol–water partition coefficient (Wildman–Crippen LogP) is 2.35. The van der Waals surface area contributed by atoms with Gasteiger partial charge in [-0.25, -0.2) is 18.4 Å². The second-order valence-electron chi connectivity index (χ2n) is 5.53. The summed E-state index contributed by atoms with van der Waals surface area (Å²) in [5.74, 6) is 0.632. The van der Waals surface area contributed by atoms with Crippen LogP contribution in [-0.2, 0) is 16.6 Å². The van der Waals surface area contributed by atoms with Gasteiger partial charge < -0.3 is 11.1 Å². The van der Waals surface area contributed by atoms with E-state index < -0.39 is 10.0 Å². The Balaban J connectivity index is 2.11. The van der Waals surface area contributed by atoms with Gasteiger partial charge in [-0.3, -0.25) is 0 Å². The lowest BCUT2D eigenvalue weighted by Crippen LogP contribution is -2.33. The average Bonchev–Trinajstić information content (AvgIpc) is 2.55. The van der Waals surface area contributed by atoms with Gasteiger partial charge in [0.15, 0.2) is 5.82 Å². The zero-order valence-electron chi connectivity index (χ0n) is 13.7. The minimum Gasteiger partial charge on any atom is -0.382 e. The van der Waals surface area contributed by atoms with E-state index in [0.717, 1.165) is 5.56 Å². The minimum atomic E-state index is -3.48. The molecule has 0 bridgehead atoms. The highest BCUT2D eigenvalue weighted by atomic mass is 35.5. The lowest BCUT2D eigenvalue weighted by Gasteiger charge is -2.21. The van der Waals surface area contributed by atoms with Crippen LogP contribution in [0.1, 0.15) is 19.4 Å². The molecule has 7 nitrogen and oxygen atoms in total. The van der Waals surface area contributed by atoms with Crippen LogP contribution in [-0.4, -0.2) is 35.8 Å². The molecule has 0 unspecified atom stereocenters. The van der Waals surface area contributed by atoms with E-state index in [9.17, 15) is 8.42 Å². The zero-order chi connectivity index (χ0) is 17.9. The quantitative estimate of drug-likeness (QED) is 0.810. The third kappa shape index (κ3) is 3.95. The molecule has 0 radical (unpaired) electrons. The lowest BCUT2D eigenvalue weighted by molar-refractivity contribution is 0.410. The molecule has 0 aliphatic rings. The molecule has 1 aromatic heterocycles. The number of hydrogen-bond donors (Lipinski definition) is 2. The Labute approximate surface area is 146 Å². The van der Waals surface area contributed by atoms with Crippen LogP contribution in [0, 0.1) is 0 Å². The van der Waals surface area contributed by atoms with Gasteiger partial charge in [0.25, 0.3) is 0 Å². The van der Waals surface area contributed by atoms with Crippen LogP contribution in [0.5, 0.6) is 0 Å². The van der Waals surface area contributed by atoms with Crippen molar-refractivity contribution in [2.75, 3.05) is 18.1 Å². The van der Waals surface area contributed by atoms with E-state index in [1.54, 1.807) is 31.3 Å². The molecule has 9 heteroatoms. The summed E-state index contributed by atoms with van der Waals surface area (Å²) in [6.45, 7) is 4.08. The van der Waals surface area contributed by atoms with Crippen molar-refractivity contribution in [1.82, 2.24) is 14.3 Å². The molecule has 24 heavy (non-hydrogen) atoms. The van der Waals surface area contributed by atoms with Gasteiger partial charge in [-0.1, -0.05) is 23.7 Å². The molecular formula is C15H20ClN5O2S. The molecule has 1 aromatic carbocycles. The van der Waals surface area contributed by atoms with Crippen LogP contribution in [0.3, 0.4) is 0 Å². The number of nitrogens with zero attached hydrogens (tertiary/aromatic N) is 3. The molecule has 0 saturated carbocycles. The topological polar surface area (TPSA) is 101 Å². The maximum absolute atomic E-state index is 12.4. The van der Waals surface area contributed by atoms with E-state index in [-0.39, 0.29) is 21.8 Å². The van der Waals surface area contributed by atoms with Gasteiger partial charge in [-0.15, -0.1) is 0 Å². The minimum absolute atomic E-state index is 0.110. The summed E-state index contributed by atoms with van der Waals surface area (Å²) >= 11 is 6.01. The summed E-state index contributed by atoms with van der Waals surface area (Å²) in [6.07, 6.45) is 1.32. The molecule has 130 valence electrons. The fraction of sp³-hybridized carbons (Fsp3) is 0.333. The Morgan fingerprint density at radius 2 is 1.88 bits per heavy atom. The standard InChI is InChI=1S/C15H20ClN5O2S/c1-10(2)21(3)24(22,23)12-6-4-11(5-7-12)8-18-15-13(16)14(17)19-9-20-15/h4-7,9-10H,8H2,1-3H3,(H3,17,18,19,20). The summed E-state index contributed by atoms with van der Waals surface area (Å²) in [6, 6.07) is 6.54. The lowest BCUT2D eigenvalue weighted by atomic mass is 10.2. The SMILES string of the molecule is CC(C)N(C)S(=O)(=O)c1ccc(CNc2ncnc(N)c2Cl)cc1. The molecular weight excluding hydrogens is 350 g/mol. The average molecular weight is 370 g/mol. The maximum atomic E-state index is 12.4. The summed E-state index contributed by atoms with van der Waals surface area (Å²) in [5.41, 5.74) is 6.50. The number of sulfonamides is 1. The van der Waals surface area contributed by atoms with Crippen LogP contribution in [0.4, 0.5) is 11.6 Å². The van der Waals surface area contributed by atoms with Crippen LogP contribution in [0.2, 0.25) is 5.02 Å². The first kappa shape index (κ1) is 18.4. The summed E-state index contributed by atoms with van der Waals surface area (Å²) < 4.78 is 26.2. The monoisotopic (exact) mass is 369 g/mol. The second-order valence-corrected chi connectivity index (χ2v) is 7.91. The largest absolute Gasteiger partial charge is 0.382 e. The van der Waals surface area contributed by atoms with Gasteiger partial charge in [0.05, 0.1) is 4.90 Å². The van der Waals surface area contributed by atoms with Crippen LogP contribution >= 0.6 is 11.6 Å². The van der Waals surface area contributed by atoms with Crippen molar-refractivity contribution in [2.24, 2.45) is 0 Å². The third-order valence-corrected chi connectivity index (χ3v) is 6.02. The van der Waals surface area contributed by atoms with Crippen molar-refractivity contribution < 1.29 is 8.42 Å². The van der Waals surface area contributed by atoms with Crippen LogP contribution < -0.4 is 11.1 Å². The number of nitrogens with two attached hydrogens (primary N) is 1. The van der Waals surface area contributed by atoms with Crippen molar-refractivity contribution >= 4 is 33.3 Å². The molecule has 1 heterocycles. The normalized spacial score (nSPS) is 11.9. The van der Waals surface area contributed by atoms with Crippen LogP contribution in [0.25, 0.3) is 0 Å². The number of anilines is 2. The van der Waals surface area contributed by atoms with Gasteiger partial charge in [0.1, 0.15) is 17.2 Å². The Kier molecular flexibility index (Phi) is 5.63. The summed E-state index contributed by atoms with van der Waals surface area (Å²) in [7, 11) is -1.91. The van der Waals surface area contributed by atoms with E-state index in [0.29, 0.717) is 12.4 Å². The first-order chi connectivity index (χ1) is 11.2. The maximum Gasteiger partial charge on any atom is 0.243 e. The van der Waals surface area contributed by atoms with E-state index >= 15 is 0 Å². The number of halogens is 1. The fourth-order valence-corrected chi connectivity index (χ4v) is 3.45. The predicted molar refractivity (Wildman–Crippen MR) is 95.3 cm³/mol. The highest BCUT2D eigenvalue weighted by molar-refractivity contribution is 7.89. The first-order valence-corrected chi connectivity index (χ1v) is 9.12. The summed E-state index contributed by atoms with van der Waals surface area (Å²) in [5, 5.41) is 3.31. The number of nitrogen functional groups attached to an aromatic ring is 1. The van der Waals surface area contributed by atoms with Crippen molar-refractivity contribution in [3.05, 3.63) is 41.2 Å². The van der Waals surface area contributed by atoms with Gasteiger partial charge in [-0.2, -0.15) is 4.31 Å². The van der Waals surface area contributed by atoms with Crippen molar-refractivity contribution in [3.63, 3.8) is 0 Å². The molecule has 0 saturated heterocycles. The van der Waals surface area contributed by atoms with E-state index in [4.69, 9.17) is 17.3 Å². The van der Waals surface area contributed by atoms with Crippen molar-refractivity contribution in [3.8, 4) is 0 Å². The van der Waals surface area contributed by atoms with Gasteiger partial charge in [0.2, 0.25) is 10.0 Å². The molecule has 2 rings (SSSR count). The number of aromatic nitrogens is 2. The number of nitrogens with one attached hydrogen (secondary N) is 1. The first-order valence-electron chi connectivity index (χ1n) is 7.30. The van der Waals surface area contributed by atoms with Crippen molar-refractivity contribution in [2.45, 2.75) is 31.3 Å². The number of rotatable bonds is 6. The number of hydrogen-bond acceptors (Lipinski definition) is 6. The molecule has 2 aromatic rings. The highest BCUT2D eigenvalue weighted by Crippen LogP contribution is 2.24. The molecule has 0 fully saturated rings. The van der Waals surface area contributed by atoms with Crippen LogP contribution in [0.15, 0.2) is 35.5 Å². The number of benzene rings is 1. The molecule has 0 spiro atoms. The van der Waals surface area contributed by atoms with Gasteiger partial charge in [-0.05, 0) is 31.5 Å². The molecule has 0 aliphatic carbocycles. The molecule has 0 aliphatic heterocycles. The van der Waals surface area contributed by atoms with Gasteiger partial charge in [0, 0.05) is 19.6 Å². The third-order valence-electron chi connectivity index (χ3n) is 3.60. The Morgan fingerprint density at radius 3 is 2.46 bits per heavy atom. The Bertz CT molecular complexity index is 809. The fourth-order valence-electron chi connectivity index (χ4n) is 1.92. The molecule has 3 N–H and O–H groups in total. The zero-order valence-corrected chi connectivity index (χ0v) is 15.3. The second kappa shape index (κ2) is 7.33. The highest BCUT2D eigenvalue weighted by Gasteiger charge is 2.22. The van der Waals surface area contributed by atoms with E-state index in [2.05, 4.69) is 15.3 Å². The smallest absolute Gasteiger partial charge is 0.243 e. The van der Waals surface area contributed by atoms with E-state index in [1.807, 2.05) is 13.8 Å². The Morgan fingerprint density at radius 1 is 1.25 bits per heavy atom. The van der Waals surface area contributed by atoms with Gasteiger partial charge >= 0.3 is 0 Å². The molecule has 0 amide bonds. The summed E-state index contributed by atoms with van der Waals surface area (Å²) in [4.78, 5) is 8.06. The van der Waals surface area contributed by atoms with E-state index in [1.165, 1.54) is 10.6 Å². The van der Waals surface area contributed by atoms with Crippen molar-refractivity contribution in [1.29, 1.82) is 0 Å². The Hall–Kier alpha value is -1.90. The molecule has 0 atom stereocenters.